The Balaban J connectivity index is 1.29. The van der Waals surface area contributed by atoms with E-state index in [9.17, 15) is 18.3 Å². The van der Waals surface area contributed by atoms with Gasteiger partial charge in [-0.15, -0.1) is 0 Å². The van der Waals surface area contributed by atoms with Crippen LogP contribution in [0.2, 0.25) is 0 Å². The van der Waals surface area contributed by atoms with Crippen LogP contribution < -0.4 is 9.46 Å². The van der Waals surface area contributed by atoms with Gasteiger partial charge in [-0.3, -0.25) is 9.69 Å². The van der Waals surface area contributed by atoms with Crippen molar-refractivity contribution in [2.75, 3.05) is 52.2 Å². The van der Waals surface area contributed by atoms with Gasteiger partial charge in [0.2, 0.25) is 10.0 Å². The molecule has 1 amide bonds. The van der Waals surface area contributed by atoms with Gasteiger partial charge < -0.3 is 19.5 Å². The van der Waals surface area contributed by atoms with Gasteiger partial charge in [0, 0.05) is 25.2 Å². The molecule has 2 N–H and O–H groups in total. The summed E-state index contributed by atoms with van der Waals surface area (Å²) >= 11 is 0. The van der Waals surface area contributed by atoms with Crippen molar-refractivity contribution in [1.82, 2.24) is 14.5 Å². The number of aliphatic hydroxyl groups is 1. The third-order valence-corrected chi connectivity index (χ3v) is 8.00. The third-order valence-electron chi connectivity index (χ3n) is 7.29. The predicted octanol–water partition coefficient (Wildman–Crippen LogP) is 1.23. The second-order valence-electron chi connectivity index (χ2n) is 10.2. The van der Waals surface area contributed by atoms with Crippen LogP contribution in [0.5, 0.6) is 5.75 Å². The largest absolute Gasteiger partial charge is 0.492 e. The van der Waals surface area contributed by atoms with Crippen LogP contribution in [0, 0.1) is 0 Å². The van der Waals surface area contributed by atoms with Crippen molar-refractivity contribution >= 4 is 15.9 Å². The molecule has 2 atom stereocenters. The minimum Gasteiger partial charge on any atom is -0.492 e. The molecule has 0 unspecified atom stereocenters. The van der Waals surface area contributed by atoms with E-state index in [0.717, 1.165) is 31.6 Å². The van der Waals surface area contributed by atoms with Gasteiger partial charge >= 0.3 is 0 Å². The van der Waals surface area contributed by atoms with Gasteiger partial charge in [-0.05, 0) is 76.4 Å². The third kappa shape index (κ3) is 6.28. The normalized spacial score (nSPS) is 27.7. The van der Waals surface area contributed by atoms with Crippen LogP contribution in [0.1, 0.15) is 49.4 Å². The van der Waals surface area contributed by atoms with Crippen molar-refractivity contribution in [3.8, 4) is 5.75 Å². The van der Waals surface area contributed by atoms with Crippen molar-refractivity contribution in [3.63, 3.8) is 0 Å². The van der Waals surface area contributed by atoms with Crippen LogP contribution >= 0.6 is 0 Å². The standard InChI is InChI=1S/C24H37N3O6S/c1-23(29)18-33-24(17-21(23)25-34(2,30)31)9-13-27(14-10-24)22(28)19-5-7-20(8-6-19)32-16-15-26-11-3-4-12-26/h5-8,21,25,29H,3-4,9-18H2,1-2H3/t21-,23-/m0/s1. The Morgan fingerprint density at radius 3 is 2.44 bits per heavy atom. The summed E-state index contributed by atoms with van der Waals surface area (Å²) in [7, 11) is -3.47. The summed E-state index contributed by atoms with van der Waals surface area (Å²) in [5.74, 6) is 0.729. The number of hydrogen-bond acceptors (Lipinski definition) is 7. The van der Waals surface area contributed by atoms with Crippen LogP contribution in [-0.2, 0) is 14.8 Å². The highest BCUT2D eigenvalue weighted by atomic mass is 32.2. The molecule has 190 valence electrons. The molecule has 34 heavy (non-hydrogen) atoms. The Bertz CT molecular complexity index is 951. The first-order valence-electron chi connectivity index (χ1n) is 12.1. The smallest absolute Gasteiger partial charge is 0.253 e. The summed E-state index contributed by atoms with van der Waals surface area (Å²) in [4.78, 5) is 17.2. The molecule has 1 spiro atoms. The highest BCUT2D eigenvalue weighted by Gasteiger charge is 2.49. The molecule has 0 saturated carbocycles. The van der Waals surface area contributed by atoms with Crippen LogP contribution in [0.15, 0.2) is 24.3 Å². The van der Waals surface area contributed by atoms with E-state index in [1.807, 2.05) is 17.0 Å². The molecule has 3 fully saturated rings. The number of carbonyl (C=O) groups is 1. The van der Waals surface area contributed by atoms with Gasteiger partial charge in [0.25, 0.3) is 5.91 Å². The lowest BCUT2D eigenvalue weighted by Crippen LogP contribution is -2.64. The van der Waals surface area contributed by atoms with Gasteiger partial charge in [0.15, 0.2) is 0 Å². The molecular formula is C24H37N3O6S. The summed E-state index contributed by atoms with van der Waals surface area (Å²) in [6.45, 7) is 6.52. The zero-order valence-electron chi connectivity index (χ0n) is 20.2. The molecular weight excluding hydrogens is 458 g/mol. The Morgan fingerprint density at radius 2 is 1.82 bits per heavy atom. The van der Waals surface area contributed by atoms with Crippen LogP contribution in [0.4, 0.5) is 0 Å². The Labute approximate surface area is 202 Å². The average molecular weight is 496 g/mol. The number of sulfonamides is 1. The van der Waals surface area contributed by atoms with E-state index < -0.39 is 27.3 Å². The highest BCUT2D eigenvalue weighted by Crippen LogP contribution is 2.38. The lowest BCUT2D eigenvalue weighted by Gasteiger charge is -2.50. The summed E-state index contributed by atoms with van der Waals surface area (Å²) in [5, 5.41) is 10.6. The number of hydrogen-bond donors (Lipinski definition) is 2. The van der Waals surface area contributed by atoms with Crippen molar-refractivity contribution in [1.29, 1.82) is 0 Å². The number of nitrogens with zero attached hydrogens (tertiary/aromatic N) is 2. The van der Waals surface area contributed by atoms with Crippen LogP contribution in [0.3, 0.4) is 0 Å². The van der Waals surface area contributed by atoms with Gasteiger partial charge in [-0.25, -0.2) is 13.1 Å². The van der Waals surface area contributed by atoms with Gasteiger partial charge in [0.1, 0.15) is 18.0 Å². The quantitative estimate of drug-likeness (QED) is 0.586. The van der Waals surface area contributed by atoms with Crippen molar-refractivity contribution in [2.45, 2.75) is 56.3 Å². The lowest BCUT2D eigenvalue weighted by atomic mass is 9.78. The molecule has 3 aliphatic heterocycles. The predicted molar refractivity (Wildman–Crippen MR) is 128 cm³/mol. The maximum Gasteiger partial charge on any atom is 0.253 e. The Hall–Kier alpha value is -1.72. The van der Waals surface area contributed by atoms with Gasteiger partial charge in [-0.2, -0.15) is 0 Å². The molecule has 0 radical (unpaired) electrons. The Kier molecular flexibility index (Phi) is 7.54. The summed E-state index contributed by atoms with van der Waals surface area (Å²) in [5.41, 5.74) is -1.21. The average Bonchev–Trinajstić information content (AvgIpc) is 3.30. The van der Waals surface area contributed by atoms with Crippen molar-refractivity contribution in [3.05, 3.63) is 29.8 Å². The molecule has 4 rings (SSSR count). The van der Waals surface area contributed by atoms with E-state index in [2.05, 4.69) is 9.62 Å². The van der Waals surface area contributed by atoms with Crippen molar-refractivity contribution < 1.29 is 27.8 Å². The minimum absolute atomic E-state index is 0.0351. The highest BCUT2D eigenvalue weighted by molar-refractivity contribution is 7.88. The van der Waals surface area contributed by atoms with Crippen LogP contribution in [0.25, 0.3) is 0 Å². The van der Waals surface area contributed by atoms with Gasteiger partial charge in [0.05, 0.1) is 24.5 Å². The monoisotopic (exact) mass is 495 g/mol. The first-order valence-corrected chi connectivity index (χ1v) is 14.0. The molecule has 3 aliphatic rings. The Morgan fingerprint density at radius 1 is 1.18 bits per heavy atom. The molecule has 9 nitrogen and oxygen atoms in total. The fraction of sp³-hybridized carbons (Fsp3) is 0.708. The van der Waals surface area contributed by atoms with E-state index in [1.165, 1.54) is 12.8 Å². The van der Waals surface area contributed by atoms with E-state index in [-0.39, 0.29) is 12.5 Å². The minimum atomic E-state index is -3.47. The number of benzene rings is 1. The number of piperidine rings is 1. The fourth-order valence-corrected chi connectivity index (χ4v) is 5.97. The fourth-order valence-electron chi connectivity index (χ4n) is 5.12. The zero-order chi connectivity index (χ0) is 24.4. The van der Waals surface area contributed by atoms with Crippen molar-refractivity contribution in [2.24, 2.45) is 0 Å². The SMILES string of the molecule is C[C@]1(O)COC2(CCN(C(=O)c3ccc(OCCN4CCCC4)cc3)CC2)C[C@@H]1NS(C)(=O)=O. The molecule has 0 aromatic heterocycles. The topological polar surface area (TPSA) is 108 Å². The molecule has 10 heteroatoms. The second-order valence-corrected chi connectivity index (χ2v) is 12.0. The lowest BCUT2D eigenvalue weighted by molar-refractivity contribution is -0.187. The number of nitrogens with one attached hydrogen (secondary N) is 1. The summed E-state index contributed by atoms with van der Waals surface area (Å²) < 4.78 is 38.0. The maximum absolute atomic E-state index is 13.0. The van der Waals surface area contributed by atoms with Crippen LogP contribution in [-0.4, -0.2) is 98.7 Å². The molecule has 1 aromatic carbocycles. The number of likely N-dealkylation sites (tertiary alicyclic amines) is 2. The maximum atomic E-state index is 13.0. The van der Waals surface area contributed by atoms with E-state index in [4.69, 9.17) is 9.47 Å². The molecule has 0 bridgehead atoms. The molecule has 1 aromatic rings. The summed E-state index contributed by atoms with van der Waals surface area (Å²) in [6, 6.07) is 6.67. The van der Waals surface area contributed by atoms with E-state index in [0.29, 0.717) is 44.5 Å². The van der Waals surface area contributed by atoms with E-state index >= 15 is 0 Å². The second kappa shape index (κ2) is 10.1. The first kappa shape index (κ1) is 25.4. The number of rotatable bonds is 7. The molecule has 0 aliphatic carbocycles. The molecule has 3 heterocycles. The van der Waals surface area contributed by atoms with Gasteiger partial charge in [-0.1, -0.05) is 0 Å². The zero-order valence-corrected chi connectivity index (χ0v) is 21.0. The number of carbonyl (C=O) groups excluding carboxylic acids is 1. The first-order chi connectivity index (χ1) is 16.1. The number of amides is 1. The summed E-state index contributed by atoms with van der Waals surface area (Å²) in [6.07, 6.45) is 5.18. The van der Waals surface area contributed by atoms with E-state index in [1.54, 1.807) is 19.1 Å². The molecule has 3 saturated heterocycles. The number of ether oxygens (including phenoxy) is 2.